The summed E-state index contributed by atoms with van der Waals surface area (Å²) in [6, 6.07) is 6.46. The van der Waals surface area contributed by atoms with Gasteiger partial charge in [0, 0.05) is 17.7 Å². The number of sulfonamides is 1. The van der Waals surface area contributed by atoms with Crippen molar-refractivity contribution in [2.24, 2.45) is 0 Å². The van der Waals surface area contributed by atoms with Gasteiger partial charge in [0.05, 0.1) is 34.9 Å². The number of furan rings is 1. The minimum atomic E-state index is -3.80. The molecule has 0 spiro atoms. The van der Waals surface area contributed by atoms with Crippen LogP contribution in [-0.2, 0) is 10.0 Å². The van der Waals surface area contributed by atoms with Crippen molar-refractivity contribution in [2.75, 3.05) is 12.3 Å². The van der Waals surface area contributed by atoms with Gasteiger partial charge in [-0.05, 0) is 44.5 Å². The van der Waals surface area contributed by atoms with E-state index >= 15 is 0 Å². The van der Waals surface area contributed by atoms with Crippen LogP contribution in [0.5, 0.6) is 0 Å². The smallest absolute Gasteiger partial charge is 0.240 e. The molecule has 0 saturated heterocycles. The average molecular weight is 402 g/mol. The fraction of sp³-hybridized carbons (Fsp3) is 0.263. The summed E-state index contributed by atoms with van der Waals surface area (Å²) in [6.07, 6.45) is 4.52. The molecule has 0 aliphatic carbocycles. The number of aryl methyl sites for hydroxylation is 1. The summed E-state index contributed by atoms with van der Waals surface area (Å²) >= 11 is 0. The molecule has 0 bridgehead atoms. The zero-order valence-corrected chi connectivity index (χ0v) is 16.6. The lowest BCUT2D eigenvalue weighted by atomic mass is 10.1. The second-order valence-electron chi connectivity index (χ2n) is 7.11. The number of benzene rings is 1. The largest absolute Gasteiger partial charge is 0.472 e. The topological polar surface area (TPSA) is 131 Å². The van der Waals surface area contributed by atoms with Crippen molar-refractivity contribution in [1.82, 2.24) is 14.7 Å². The van der Waals surface area contributed by atoms with Crippen LogP contribution in [0.2, 0.25) is 0 Å². The van der Waals surface area contributed by atoms with E-state index in [0.717, 1.165) is 5.56 Å². The van der Waals surface area contributed by atoms with Gasteiger partial charge in [0.1, 0.15) is 11.5 Å². The summed E-state index contributed by atoms with van der Waals surface area (Å²) in [5.41, 5.74) is 7.84. The van der Waals surface area contributed by atoms with Crippen LogP contribution in [0.4, 0.5) is 5.82 Å². The molecular formula is C19H22N4O4S. The maximum atomic E-state index is 12.6. The van der Waals surface area contributed by atoms with Crippen molar-refractivity contribution < 1.29 is 17.9 Å². The van der Waals surface area contributed by atoms with E-state index in [-0.39, 0.29) is 17.3 Å². The van der Waals surface area contributed by atoms with Crippen LogP contribution in [0.25, 0.3) is 22.5 Å². The van der Waals surface area contributed by atoms with E-state index in [2.05, 4.69) is 14.7 Å². The third-order valence-corrected chi connectivity index (χ3v) is 5.48. The molecule has 28 heavy (non-hydrogen) atoms. The highest BCUT2D eigenvalue weighted by molar-refractivity contribution is 7.89. The molecule has 3 aromatic rings. The van der Waals surface area contributed by atoms with E-state index in [4.69, 9.17) is 10.2 Å². The lowest BCUT2D eigenvalue weighted by Crippen LogP contribution is -2.38. The Morgan fingerprint density at radius 3 is 2.68 bits per heavy atom. The number of hydrogen-bond acceptors (Lipinski definition) is 7. The van der Waals surface area contributed by atoms with Crippen molar-refractivity contribution in [2.45, 2.75) is 31.3 Å². The summed E-state index contributed by atoms with van der Waals surface area (Å²) in [7, 11) is -3.80. The van der Waals surface area contributed by atoms with Gasteiger partial charge in [0.25, 0.3) is 0 Å². The third kappa shape index (κ3) is 4.38. The van der Waals surface area contributed by atoms with E-state index < -0.39 is 15.6 Å². The van der Waals surface area contributed by atoms with E-state index in [1.54, 1.807) is 12.1 Å². The maximum absolute atomic E-state index is 12.6. The summed E-state index contributed by atoms with van der Waals surface area (Å²) in [5, 5.41) is 9.79. The first-order valence-corrected chi connectivity index (χ1v) is 10.0. The minimum absolute atomic E-state index is 0.0702. The average Bonchev–Trinajstić information content (AvgIpc) is 3.15. The predicted octanol–water partition coefficient (Wildman–Crippen LogP) is 2.34. The molecule has 0 fully saturated rings. The summed E-state index contributed by atoms with van der Waals surface area (Å²) in [6.45, 7) is 4.80. The lowest BCUT2D eigenvalue weighted by molar-refractivity contribution is 0.0857. The molecule has 148 valence electrons. The van der Waals surface area contributed by atoms with Gasteiger partial charge in [-0.15, -0.1) is 0 Å². The molecule has 2 heterocycles. The highest BCUT2D eigenvalue weighted by Crippen LogP contribution is 2.29. The highest BCUT2D eigenvalue weighted by atomic mass is 32.2. The second-order valence-corrected chi connectivity index (χ2v) is 8.88. The molecule has 0 atom stereocenters. The minimum Gasteiger partial charge on any atom is -0.472 e. The number of aromatic nitrogens is 2. The van der Waals surface area contributed by atoms with Crippen LogP contribution in [-0.4, -0.2) is 35.6 Å². The summed E-state index contributed by atoms with van der Waals surface area (Å²) < 4.78 is 32.7. The van der Waals surface area contributed by atoms with Crippen LogP contribution >= 0.6 is 0 Å². The Morgan fingerprint density at radius 1 is 1.29 bits per heavy atom. The quantitative estimate of drug-likeness (QED) is 0.576. The van der Waals surface area contributed by atoms with Crippen LogP contribution in [0.3, 0.4) is 0 Å². The number of nitrogen functional groups attached to an aromatic ring is 1. The van der Waals surface area contributed by atoms with Crippen molar-refractivity contribution in [1.29, 1.82) is 0 Å². The predicted molar refractivity (Wildman–Crippen MR) is 106 cm³/mol. The number of nitrogens with zero attached hydrogens (tertiary/aromatic N) is 2. The van der Waals surface area contributed by atoms with Gasteiger partial charge in [-0.25, -0.2) is 23.1 Å². The Hall–Kier alpha value is -2.75. The first-order valence-electron chi connectivity index (χ1n) is 8.55. The van der Waals surface area contributed by atoms with Crippen molar-refractivity contribution in [3.8, 4) is 22.5 Å². The normalized spacial score (nSPS) is 12.3. The monoisotopic (exact) mass is 402 g/mol. The molecule has 0 radical (unpaired) electrons. The van der Waals surface area contributed by atoms with Crippen molar-refractivity contribution in [3.05, 3.63) is 48.6 Å². The van der Waals surface area contributed by atoms with Gasteiger partial charge in [-0.3, -0.25) is 0 Å². The molecule has 4 N–H and O–H groups in total. The van der Waals surface area contributed by atoms with Gasteiger partial charge in [0.15, 0.2) is 0 Å². The van der Waals surface area contributed by atoms with Crippen molar-refractivity contribution in [3.63, 3.8) is 0 Å². The second kappa shape index (κ2) is 7.34. The number of rotatable bonds is 6. The zero-order chi connectivity index (χ0) is 20.5. The Bertz CT molecular complexity index is 1090. The van der Waals surface area contributed by atoms with Crippen LogP contribution in [0, 0.1) is 6.92 Å². The molecule has 9 heteroatoms. The van der Waals surface area contributed by atoms with Gasteiger partial charge >= 0.3 is 0 Å². The zero-order valence-electron chi connectivity index (χ0n) is 15.8. The SMILES string of the molecule is Cc1ccc(S(=O)(=O)NCC(C)(C)O)cc1-c1cnc(N)c(-c2ccoc2)n1. The van der Waals surface area contributed by atoms with Gasteiger partial charge < -0.3 is 15.3 Å². The Labute approximate surface area is 163 Å². The summed E-state index contributed by atoms with van der Waals surface area (Å²) in [5.74, 6) is 0.249. The number of hydrogen-bond donors (Lipinski definition) is 3. The van der Waals surface area contributed by atoms with Crippen LogP contribution in [0.15, 0.2) is 52.3 Å². The van der Waals surface area contributed by atoms with Gasteiger partial charge in [0.2, 0.25) is 10.0 Å². The van der Waals surface area contributed by atoms with E-state index in [1.807, 2.05) is 6.92 Å². The fourth-order valence-corrected chi connectivity index (χ4v) is 3.77. The Kier molecular flexibility index (Phi) is 5.24. The Morgan fingerprint density at radius 2 is 2.04 bits per heavy atom. The first-order chi connectivity index (χ1) is 13.1. The first kappa shape index (κ1) is 20.0. The fourth-order valence-electron chi connectivity index (χ4n) is 2.54. The number of nitrogens with two attached hydrogens (primary N) is 1. The molecule has 0 aliphatic rings. The summed E-state index contributed by atoms with van der Waals surface area (Å²) in [4.78, 5) is 8.81. The standard InChI is InChI=1S/C19H22N4O4S/c1-12-4-5-14(28(25,26)22-11-19(2,3)24)8-15(12)16-9-21-18(20)17(23-16)13-6-7-27-10-13/h4-10,22,24H,11H2,1-3H3,(H2,20,21). The van der Waals surface area contributed by atoms with Gasteiger partial charge in [-0.1, -0.05) is 6.07 Å². The van der Waals surface area contributed by atoms with Gasteiger partial charge in [-0.2, -0.15) is 0 Å². The molecule has 0 unspecified atom stereocenters. The van der Waals surface area contributed by atoms with E-state index in [0.29, 0.717) is 22.5 Å². The van der Waals surface area contributed by atoms with E-state index in [9.17, 15) is 13.5 Å². The molecule has 2 aromatic heterocycles. The molecule has 8 nitrogen and oxygen atoms in total. The van der Waals surface area contributed by atoms with Crippen LogP contribution < -0.4 is 10.5 Å². The Balaban J connectivity index is 2.02. The molecule has 0 aliphatic heterocycles. The third-order valence-electron chi connectivity index (χ3n) is 4.09. The molecule has 0 amide bonds. The maximum Gasteiger partial charge on any atom is 0.240 e. The lowest BCUT2D eigenvalue weighted by Gasteiger charge is -2.18. The van der Waals surface area contributed by atoms with Crippen LogP contribution in [0.1, 0.15) is 19.4 Å². The van der Waals surface area contributed by atoms with Crippen molar-refractivity contribution >= 4 is 15.8 Å². The number of aliphatic hydroxyl groups is 1. The molecular weight excluding hydrogens is 380 g/mol. The number of anilines is 1. The number of nitrogens with one attached hydrogen (secondary N) is 1. The molecule has 0 saturated carbocycles. The highest BCUT2D eigenvalue weighted by Gasteiger charge is 2.21. The van der Waals surface area contributed by atoms with E-state index in [1.165, 1.54) is 44.7 Å². The molecule has 3 rings (SSSR count). The molecule has 1 aromatic carbocycles.